The second kappa shape index (κ2) is 8.12. The number of anilines is 1. The van der Waals surface area contributed by atoms with E-state index in [-0.39, 0.29) is 12.5 Å². The number of halogens is 1. The number of rotatable bonds is 4. The Bertz CT molecular complexity index is 1130. The van der Waals surface area contributed by atoms with Crippen molar-refractivity contribution in [2.45, 2.75) is 6.92 Å². The zero-order chi connectivity index (χ0) is 19.5. The minimum atomic E-state index is -0.155. The fraction of sp³-hybridized carbons (Fsp3) is 0.150. The highest BCUT2D eigenvalue weighted by Crippen LogP contribution is 2.32. The minimum absolute atomic E-state index is 0.0429. The number of nitrogens with one attached hydrogen (secondary N) is 1. The Labute approximate surface area is 174 Å². The quantitative estimate of drug-likeness (QED) is 0.600. The molecule has 0 bridgehead atoms. The number of carbonyl (C=O) groups is 1. The number of thiazole rings is 1. The lowest BCUT2D eigenvalue weighted by Crippen LogP contribution is -2.25. The van der Waals surface area contributed by atoms with Crippen LogP contribution in [0.4, 0.5) is 5.69 Å². The van der Waals surface area contributed by atoms with Crippen molar-refractivity contribution >= 4 is 45.1 Å². The first kappa shape index (κ1) is 18.6. The summed E-state index contributed by atoms with van der Waals surface area (Å²) in [4.78, 5) is 17.0. The third-order valence-electron chi connectivity index (χ3n) is 4.06. The average molecular weight is 457 g/mol. The summed E-state index contributed by atoms with van der Waals surface area (Å²) in [6.45, 7) is 2.70. The zero-order valence-corrected chi connectivity index (χ0v) is 17.5. The highest BCUT2D eigenvalue weighted by atomic mass is 79.9. The molecule has 28 heavy (non-hydrogen) atoms. The SMILES string of the molecule is CCN=c1scc(-c2ccc3c(c2)NC(=O)CO3)n1N=Cc1cccc(Br)c1. The Balaban J connectivity index is 1.77. The van der Waals surface area contributed by atoms with Crippen LogP contribution in [0.1, 0.15) is 12.5 Å². The van der Waals surface area contributed by atoms with E-state index in [0.717, 1.165) is 26.1 Å². The molecule has 4 rings (SSSR count). The van der Waals surface area contributed by atoms with E-state index in [2.05, 4.69) is 31.3 Å². The van der Waals surface area contributed by atoms with Crippen LogP contribution in [0.25, 0.3) is 11.3 Å². The van der Waals surface area contributed by atoms with Gasteiger partial charge in [-0.05, 0) is 42.8 Å². The van der Waals surface area contributed by atoms with Gasteiger partial charge in [-0.2, -0.15) is 5.10 Å². The van der Waals surface area contributed by atoms with Crippen LogP contribution in [-0.2, 0) is 4.79 Å². The number of ether oxygens (including phenoxy) is 1. The van der Waals surface area contributed by atoms with Gasteiger partial charge in [0.05, 0.1) is 17.6 Å². The molecule has 8 heteroatoms. The van der Waals surface area contributed by atoms with E-state index in [4.69, 9.17) is 4.74 Å². The molecule has 0 radical (unpaired) electrons. The van der Waals surface area contributed by atoms with Gasteiger partial charge in [0.15, 0.2) is 6.61 Å². The van der Waals surface area contributed by atoms with Crippen LogP contribution < -0.4 is 14.9 Å². The van der Waals surface area contributed by atoms with Crippen LogP contribution in [-0.4, -0.2) is 29.9 Å². The summed E-state index contributed by atoms with van der Waals surface area (Å²) >= 11 is 5.01. The molecule has 1 N–H and O–H groups in total. The van der Waals surface area contributed by atoms with E-state index in [1.807, 2.05) is 59.4 Å². The van der Waals surface area contributed by atoms with Crippen molar-refractivity contribution in [1.82, 2.24) is 4.68 Å². The van der Waals surface area contributed by atoms with Gasteiger partial charge in [0, 0.05) is 22.0 Å². The summed E-state index contributed by atoms with van der Waals surface area (Å²) in [6, 6.07) is 13.6. The number of carbonyl (C=O) groups excluding carboxylic acids is 1. The second-order valence-corrected chi connectivity index (χ2v) is 7.79. The molecule has 6 nitrogen and oxygen atoms in total. The number of fused-ring (bicyclic) bond motifs is 1. The highest BCUT2D eigenvalue weighted by Gasteiger charge is 2.17. The Kier molecular flexibility index (Phi) is 5.40. The molecule has 0 aliphatic carbocycles. The van der Waals surface area contributed by atoms with Crippen molar-refractivity contribution in [3.8, 4) is 17.0 Å². The lowest BCUT2D eigenvalue weighted by molar-refractivity contribution is -0.118. The van der Waals surface area contributed by atoms with Gasteiger partial charge in [-0.1, -0.05) is 28.1 Å². The average Bonchev–Trinajstić information content (AvgIpc) is 3.09. The summed E-state index contributed by atoms with van der Waals surface area (Å²) in [5, 5.41) is 9.53. The van der Waals surface area contributed by atoms with Crippen LogP contribution in [0.3, 0.4) is 0 Å². The van der Waals surface area contributed by atoms with Gasteiger partial charge < -0.3 is 10.1 Å². The molecule has 0 spiro atoms. The first-order valence-electron chi connectivity index (χ1n) is 8.72. The van der Waals surface area contributed by atoms with E-state index >= 15 is 0 Å². The molecular formula is C20H17BrN4O2S. The van der Waals surface area contributed by atoms with Gasteiger partial charge in [-0.15, -0.1) is 11.3 Å². The molecule has 2 aromatic carbocycles. The van der Waals surface area contributed by atoms with Gasteiger partial charge in [0.1, 0.15) is 5.75 Å². The zero-order valence-electron chi connectivity index (χ0n) is 15.1. The maximum Gasteiger partial charge on any atom is 0.262 e. The van der Waals surface area contributed by atoms with E-state index < -0.39 is 0 Å². The predicted octanol–water partition coefficient (Wildman–Crippen LogP) is 4.11. The lowest BCUT2D eigenvalue weighted by Gasteiger charge is -2.18. The summed E-state index contributed by atoms with van der Waals surface area (Å²) < 4.78 is 8.27. The van der Waals surface area contributed by atoms with Crippen molar-refractivity contribution in [3.05, 3.63) is 62.7 Å². The first-order chi connectivity index (χ1) is 13.6. The predicted molar refractivity (Wildman–Crippen MR) is 115 cm³/mol. The molecule has 1 aliphatic rings. The molecular weight excluding hydrogens is 440 g/mol. The Hall–Kier alpha value is -2.71. The Morgan fingerprint density at radius 2 is 2.21 bits per heavy atom. The third kappa shape index (κ3) is 3.93. The van der Waals surface area contributed by atoms with Crippen molar-refractivity contribution < 1.29 is 9.53 Å². The van der Waals surface area contributed by atoms with Crippen LogP contribution in [0.15, 0.2) is 62.4 Å². The fourth-order valence-electron chi connectivity index (χ4n) is 2.81. The number of benzene rings is 2. The van der Waals surface area contributed by atoms with Crippen LogP contribution >= 0.6 is 27.3 Å². The van der Waals surface area contributed by atoms with Gasteiger partial charge in [0.2, 0.25) is 4.80 Å². The van der Waals surface area contributed by atoms with Gasteiger partial charge in [-0.3, -0.25) is 9.79 Å². The van der Waals surface area contributed by atoms with E-state index in [1.54, 1.807) is 6.21 Å². The molecule has 0 atom stereocenters. The molecule has 1 amide bonds. The number of aromatic nitrogens is 1. The Morgan fingerprint density at radius 1 is 1.32 bits per heavy atom. The van der Waals surface area contributed by atoms with Crippen LogP contribution in [0.2, 0.25) is 0 Å². The summed E-state index contributed by atoms with van der Waals surface area (Å²) in [7, 11) is 0. The van der Waals surface area contributed by atoms with Crippen molar-refractivity contribution in [2.75, 3.05) is 18.5 Å². The third-order valence-corrected chi connectivity index (χ3v) is 5.41. The maximum absolute atomic E-state index is 11.6. The van der Waals surface area contributed by atoms with Gasteiger partial charge in [0.25, 0.3) is 5.91 Å². The molecule has 3 aromatic rings. The molecule has 1 aliphatic heterocycles. The largest absolute Gasteiger partial charge is 0.482 e. The van der Waals surface area contributed by atoms with Crippen LogP contribution in [0, 0.1) is 0 Å². The monoisotopic (exact) mass is 456 g/mol. The van der Waals surface area contributed by atoms with E-state index in [1.165, 1.54) is 11.3 Å². The molecule has 0 saturated carbocycles. The summed E-state index contributed by atoms with van der Waals surface area (Å²) in [6.07, 6.45) is 1.80. The number of hydrogen-bond acceptors (Lipinski definition) is 5. The van der Waals surface area contributed by atoms with E-state index in [0.29, 0.717) is 18.0 Å². The standard InChI is InChI=1S/C20H17BrN4O2S/c1-2-22-20-25(23-10-13-4-3-5-15(21)8-13)17(12-28-20)14-6-7-18-16(9-14)24-19(26)11-27-18/h3-10,12H,2,11H2,1H3,(H,24,26). The van der Waals surface area contributed by atoms with Crippen molar-refractivity contribution in [3.63, 3.8) is 0 Å². The van der Waals surface area contributed by atoms with Crippen molar-refractivity contribution in [2.24, 2.45) is 10.1 Å². The molecule has 2 heterocycles. The maximum atomic E-state index is 11.6. The summed E-state index contributed by atoms with van der Waals surface area (Å²) in [5.74, 6) is 0.512. The van der Waals surface area contributed by atoms with Gasteiger partial charge >= 0.3 is 0 Å². The number of hydrogen-bond donors (Lipinski definition) is 1. The highest BCUT2D eigenvalue weighted by molar-refractivity contribution is 9.10. The fourth-order valence-corrected chi connectivity index (χ4v) is 4.13. The molecule has 0 unspecified atom stereocenters. The molecule has 0 fully saturated rings. The second-order valence-electron chi connectivity index (χ2n) is 6.04. The van der Waals surface area contributed by atoms with Crippen LogP contribution in [0.5, 0.6) is 5.75 Å². The molecule has 0 saturated heterocycles. The van der Waals surface area contributed by atoms with Gasteiger partial charge in [-0.25, -0.2) is 4.68 Å². The van der Waals surface area contributed by atoms with E-state index in [9.17, 15) is 4.79 Å². The normalized spacial score (nSPS) is 14.1. The molecule has 142 valence electrons. The number of amides is 1. The number of nitrogens with zero attached hydrogens (tertiary/aromatic N) is 3. The minimum Gasteiger partial charge on any atom is -0.482 e. The summed E-state index contributed by atoms with van der Waals surface area (Å²) in [5.41, 5.74) is 3.46. The lowest BCUT2D eigenvalue weighted by atomic mass is 10.1. The topological polar surface area (TPSA) is 68.0 Å². The Morgan fingerprint density at radius 3 is 3.04 bits per heavy atom. The van der Waals surface area contributed by atoms with Crippen molar-refractivity contribution in [1.29, 1.82) is 0 Å². The smallest absolute Gasteiger partial charge is 0.262 e. The first-order valence-corrected chi connectivity index (χ1v) is 10.4. The molecule has 1 aromatic heterocycles.